The maximum absolute atomic E-state index is 9.03. The molecule has 4 nitrogen and oxygen atoms in total. The van der Waals surface area contributed by atoms with Gasteiger partial charge in [0.05, 0.1) is 25.5 Å². The van der Waals surface area contributed by atoms with E-state index >= 15 is 0 Å². The molecule has 1 aromatic rings. The van der Waals surface area contributed by atoms with Gasteiger partial charge in [0.25, 0.3) is 0 Å². The molecule has 0 saturated heterocycles. The molecule has 0 aliphatic heterocycles. The monoisotopic (exact) mass is 256 g/mol. The molecule has 1 heterocycles. The highest BCUT2D eigenvalue weighted by Crippen LogP contribution is 2.28. The Bertz CT molecular complexity index is 333. The summed E-state index contributed by atoms with van der Waals surface area (Å²) < 4.78 is 5.08. The first-order valence-electron chi connectivity index (χ1n) is 6.13. The lowest BCUT2D eigenvalue weighted by atomic mass is 10.4. The Labute approximate surface area is 106 Å². The van der Waals surface area contributed by atoms with Crippen molar-refractivity contribution in [2.24, 2.45) is 0 Å². The number of aromatic nitrogens is 1. The Kier molecular flexibility index (Phi) is 4.91. The first-order valence-corrected chi connectivity index (χ1v) is 6.94. The van der Waals surface area contributed by atoms with Crippen LogP contribution in [0.4, 0.5) is 0 Å². The highest BCUT2D eigenvalue weighted by atomic mass is 32.1. The molecule has 5 heteroatoms. The van der Waals surface area contributed by atoms with Crippen molar-refractivity contribution in [1.82, 2.24) is 9.88 Å². The van der Waals surface area contributed by atoms with E-state index in [0.717, 1.165) is 19.5 Å². The van der Waals surface area contributed by atoms with Crippen LogP contribution in [0.15, 0.2) is 0 Å². The van der Waals surface area contributed by atoms with Crippen molar-refractivity contribution in [1.29, 1.82) is 0 Å². The molecule has 0 aromatic carbocycles. The van der Waals surface area contributed by atoms with E-state index in [1.807, 2.05) is 11.3 Å². The SMILES string of the molecule is COCCN(CCO)Cc1nc2c(s1)CCC2. The number of nitrogens with zero attached hydrogens (tertiary/aromatic N) is 2. The fourth-order valence-corrected chi connectivity index (χ4v) is 3.33. The lowest BCUT2D eigenvalue weighted by molar-refractivity contribution is 0.127. The summed E-state index contributed by atoms with van der Waals surface area (Å²) in [6.45, 7) is 3.26. The Morgan fingerprint density at radius 2 is 2.29 bits per heavy atom. The van der Waals surface area contributed by atoms with Gasteiger partial charge < -0.3 is 9.84 Å². The van der Waals surface area contributed by atoms with Gasteiger partial charge in [-0.25, -0.2) is 4.98 Å². The minimum absolute atomic E-state index is 0.189. The van der Waals surface area contributed by atoms with Crippen LogP contribution >= 0.6 is 11.3 Å². The highest BCUT2D eigenvalue weighted by molar-refractivity contribution is 7.11. The molecule has 0 spiro atoms. The molecular weight excluding hydrogens is 236 g/mol. The van der Waals surface area contributed by atoms with E-state index in [9.17, 15) is 0 Å². The van der Waals surface area contributed by atoms with Crippen molar-refractivity contribution < 1.29 is 9.84 Å². The van der Waals surface area contributed by atoms with E-state index in [4.69, 9.17) is 9.84 Å². The number of ether oxygens (including phenoxy) is 1. The summed E-state index contributed by atoms with van der Waals surface area (Å²) in [6, 6.07) is 0. The Hall–Kier alpha value is -0.490. The van der Waals surface area contributed by atoms with Crippen LogP contribution in [-0.2, 0) is 24.1 Å². The zero-order valence-corrected chi connectivity index (χ0v) is 11.1. The van der Waals surface area contributed by atoms with Crippen molar-refractivity contribution in [2.75, 3.05) is 33.4 Å². The smallest absolute Gasteiger partial charge is 0.107 e. The summed E-state index contributed by atoms with van der Waals surface area (Å²) in [5.74, 6) is 0. The van der Waals surface area contributed by atoms with Crippen molar-refractivity contribution in [2.45, 2.75) is 25.8 Å². The maximum Gasteiger partial charge on any atom is 0.107 e. The Balaban J connectivity index is 1.91. The number of aryl methyl sites for hydroxylation is 2. The third kappa shape index (κ3) is 3.48. The first-order chi connectivity index (χ1) is 8.33. The third-order valence-corrected chi connectivity index (χ3v) is 4.17. The molecule has 1 aliphatic rings. The summed E-state index contributed by atoms with van der Waals surface area (Å²) in [5.41, 5.74) is 1.31. The number of rotatable bonds is 7. The number of thiazole rings is 1. The Morgan fingerprint density at radius 3 is 3.00 bits per heavy atom. The fraction of sp³-hybridized carbons (Fsp3) is 0.750. The molecule has 1 aromatic heterocycles. The second kappa shape index (κ2) is 6.44. The van der Waals surface area contributed by atoms with Crippen LogP contribution in [0.1, 0.15) is 22.0 Å². The van der Waals surface area contributed by atoms with Gasteiger partial charge in [0.15, 0.2) is 0 Å². The van der Waals surface area contributed by atoms with Gasteiger partial charge in [-0.1, -0.05) is 0 Å². The molecule has 0 unspecified atom stereocenters. The second-order valence-corrected chi connectivity index (χ2v) is 5.49. The van der Waals surface area contributed by atoms with Crippen LogP contribution in [0.25, 0.3) is 0 Å². The van der Waals surface area contributed by atoms with E-state index in [2.05, 4.69) is 9.88 Å². The minimum Gasteiger partial charge on any atom is -0.395 e. The predicted molar refractivity (Wildman–Crippen MR) is 68.4 cm³/mol. The van der Waals surface area contributed by atoms with Crippen molar-refractivity contribution >= 4 is 11.3 Å². The van der Waals surface area contributed by atoms with Crippen LogP contribution in [0.3, 0.4) is 0 Å². The van der Waals surface area contributed by atoms with Crippen molar-refractivity contribution in [3.8, 4) is 0 Å². The number of aliphatic hydroxyl groups excluding tert-OH is 1. The zero-order chi connectivity index (χ0) is 12.1. The van der Waals surface area contributed by atoms with E-state index < -0.39 is 0 Å². The first kappa shape index (κ1) is 13.0. The van der Waals surface area contributed by atoms with Gasteiger partial charge in [-0.15, -0.1) is 11.3 Å². The Morgan fingerprint density at radius 1 is 1.41 bits per heavy atom. The molecule has 17 heavy (non-hydrogen) atoms. The predicted octanol–water partition coefficient (Wildman–Crippen LogP) is 1.07. The number of hydrogen-bond acceptors (Lipinski definition) is 5. The van der Waals surface area contributed by atoms with Crippen molar-refractivity contribution in [3.63, 3.8) is 0 Å². The average molecular weight is 256 g/mol. The number of aliphatic hydroxyl groups is 1. The number of fused-ring (bicyclic) bond motifs is 1. The van der Waals surface area contributed by atoms with Gasteiger partial charge in [0, 0.05) is 25.1 Å². The summed E-state index contributed by atoms with van der Waals surface area (Å²) >= 11 is 1.83. The molecule has 1 aliphatic carbocycles. The van der Waals surface area contributed by atoms with Gasteiger partial charge in [0.1, 0.15) is 5.01 Å². The topological polar surface area (TPSA) is 45.6 Å². The summed E-state index contributed by atoms with van der Waals surface area (Å²) in [6.07, 6.45) is 3.60. The maximum atomic E-state index is 9.03. The fourth-order valence-electron chi connectivity index (χ4n) is 2.13. The standard InChI is InChI=1S/C12H20N2O2S/c1-16-8-6-14(5-7-15)9-12-13-10-3-2-4-11(10)17-12/h15H,2-9H2,1H3. The lowest BCUT2D eigenvalue weighted by Gasteiger charge is -2.19. The van der Waals surface area contributed by atoms with Crippen LogP contribution in [0.2, 0.25) is 0 Å². The van der Waals surface area contributed by atoms with Gasteiger partial charge in [-0.2, -0.15) is 0 Å². The van der Waals surface area contributed by atoms with E-state index in [-0.39, 0.29) is 6.61 Å². The van der Waals surface area contributed by atoms with Gasteiger partial charge in [-0.3, -0.25) is 4.90 Å². The molecular formula is C12H20N2O2S. The highest BCUT2D eigenvalue weighted by Gasteiger charge is 2.17. The van der Waals surface area contributed by atoms with Gasteiger partial charge in [-0.05, 0) is 19.3 Å². The summed E-state index contributed by atoms with van der Waals surface area (Å²) in [4.78, 5) is 8.34. The minimum atomic E-state index is 0.189. The normalized spacial score (nSPS) is 14.5. The molecule has 0 fully saturated rings. The second-order valence-electron chi connectivity index (χ2n) is 4.32. The summed E-state index contributed by atoms with van der Waals surface area (Å²) in [7, 11) is 1.70. The molecule has 1 N–H and O–H groups in total. The summed E-state index contributed by atoms with van der Waals surface area (Å²) in [5, 5.41) is 10.2. The third-order valence-electron chi connectivity index (χ3n) is 3.03. The molecule has 0 saturated carbocycles. The van der Waals surface area contributed by atoms with Crippen LogP contribution in [0.5, 0.6) is 0 Å². The van der Waals surface area contributed by atoms with Crippen LogP contribution in [0, 0.1) is 0 Å². The average Bonchev–Trinajstić information content (AvgIpc) is 2.86. The molecule has 2 rings (SSSR count). The quantitative estimate of drug-likeness (QED) is 0.793. The molecule has 0 radical (unpaired) electrons. The lowest BCUT2D eigenvalue weighted by Crippen LogP contribution is -2.29. The number of hydrogen-bond donors (Lipinski definition) is 1. The van der Waals surface area contributed by atoms with Crippen LogP contribution < -0.4 is 0 Å². The molecule has 96 valence electrons. The largest absolute Gasteiger partial charge is 0.395 e. The van der Waals surface area contributed by atoms with Crippen LogP contribution in [-0.4, -0.2) is 48.4 Å². The molecule has 0 bridgehead atoms. The van der Waals surface area contributed by atoms with E-state index in [1.165, 1.54) is 28.4 Å². The van der Waals surface area contributed by atoms with Gasteiger partial charge in [0.2, 0.25) is 0 Å². The van der Waals surface area contributed by atoms with Crippen molar-refractivity contribution in [3.05, 3.63) is 15.6 Å². The van der Waals surface area contributed by atoms with Gasteiger partial charge >= 0.3 is 0 Å². The van der Waals surface area contributed by atoms with E-state index in [0.29, 0.717) is 13.2 Å². The molecule has 0 atom stereocenters. The zero-order valence-electron chi connectivity index (χ0n) is 10.3. The molecule has 0 amide bonds. The number of methoxy groups -OCH3 is 1. The van der Waals surface area contributed by atoms with E-state index in [1.54, 1.807) is 7.11 Å².